The summed E-state index contributed by atoms with van der Waals surface area (Å²) in [6.07, 6.45) is 5.54. The van der Waals surface area contributed by atoms with Crippen molar-refractivity contribution in [1.82, 2.24) is 14.8 Å². The molecule has 0 saturated carbocycles. The summed E-state index contributed by atoms with van der Waals surface area (Å²) in [6, 6.07) is 4.49. The molecule has 0 atom stereocenters. The van der Waals surface area contributed by atoms with Crippen LogP contribution in [-0.2, 0) is 16.2 Å². The number of ether oxygens (including phenoxy) is 1. The summed E-state index contributed by atoms with van der Waals surface area (Å²) in [7, 11) is 1.49. The van der Waals surface area contributed by atoms with Crippen LogP contribution in [0.2, 0.25) is 0 Å². The van der Waals surface area contributed by atoms with Gasteiger partial charge in [0.15, 0.2) is 5.13 Å². The lowest BCUT2D eigenvalue weighted by Crippen LogP contribution is -2.54. The van der Waals surface area contributed by atoms with E-state index in [0.29, 0.717) is 54.5 Å². The third-order valence-electron chi connectivity index (χ3n) is 7.14. The number of thiazole rings is 1. The highest BCUT2D eigenvalue weighted by Gasteiger charge is 2.44. The van der Waals surface area contributed by atoms with Crippen LogP contribution in [0.4, 0.5) is 9.52 Å². The molecule has 182 valence electrons. The van der Waals surface area contributed by atoms with Crippen LogP contribution in [0, 0.1) is 11.7 Å². The van der Waals surface area contributed by atoms with Gasteiger partial charge in [0, 0.05) is 61.5 Å². The van der Waals surface area contributed by atoms with E-state index in [2.05, 4.69) is 15.0 Å². The number of hydrogen-bond acceptors (Lipinski definition) is 8. The molecule has 0 radical (unpaired) electrons. The maximum Gasteiger partial charge on any atom is 0.225 e. The fraction of sp³-hybridized carbons (Fsp3) is 0.542. The SMILES string of the molecule is CO/N=C1\CC2(CCN(C(=O)C3CCN(Cc4cnc(N)s4)CC3)CC2)Oc2ccc(F)cc21. The van der Waals surface area contributed by atoms with Crippen LogP contribution in [0.15, 0.2) is 29.6 Å². The number of anilines is 1. The number of piperidine rings is 2. The molecule has 3 aliphatic heterocycles. The molecule has 1 aromatic heterocycles. The topological polar surface area (TPSA) is 93.3 Å². The molecule has 5 rings (SSSR count). The Morgan fingerprint density at radius 3 is 2.76 bits per heavy atom. The maximum absolute atomic E-state index is 13.8. The van der Waals surface area contributed by atoms with E-state index < -0.39 is 5.60 Å². The zero-order valence-electron chi connectivity index (χ0n) is 19.3. The maximum atomic E-state index is 13.8. The first-order valence-electron chi connectivity index (χ1n) is 11.7. The van der Waals surface area contributed by atoms with E-state index in [4.69, 9.17) is 15.3 Å². The van der Waals surface area contributed by atoms with E-state index in [9.17, 15) is 9.18 Å². The van der Waals surface area contributed by atoms with Crippen molar-refractivity contribution in [3.05, 3.63) is 40.7 Å². The molecule has 0 aliphatic carbocycles. The molecule has 2 fully saturated rings. The number of carbonyl (C=O) groups excluding carboxylic acids is 1. The normalized spacial score (nSPS) is 21.9. The van der Waals surface area contributed by atoms with Gasteiger partial charge in [-0.15, -0.1) is 11.3 Å². The lowest BCUT2D eigenvalue weighted by atomic mass is 9.81. The summed E-state index contributed by atoms with van der Waals surface area (Å²) in [6.45, 7) is 3.95. The van der Waals surface area contributed by atoms with Gasteiger partial charge in [0.1, 0.15) is 24.3 Å². The number of nitrogens with two attached hydrogens (primary N) is 1. The first-order chi connectivity index (χ1) is 16.4. The molecule has 34 heavy (non-hydrogen) atoms. The van der Waals surface area contributed by atoms with E-state index in [1.54, 1.807) is 6.07 Å². The number of benzene rings is 1. The Morgan fingerprint density at radius 1 is 1.32 bits per heavy atom. The number of amides is 1. The summed E-state index contributed by atoms with van der Waals surface area (Å²) in [5.41, 5.74) is 6.62. The van der Waals surface area contributed by atoms with E-state index in [0.717, 1.165) is 37.4 Å². The van der Waals surface area contributed by atoms with Crippen molar-refractivity contribution in [3.8, 4) is 5.75 Å². The van der Waals surface area contributed by atoms with Crippen molar-refractivity contribution in [3.63, 3.8) is 0 Å². The van der Waals surface area contributed by atoms with Gasteiger partial charge in [0.2, 0.25) is 5.91 Å². The third kappa shape index (κ3) is 4.74. The van der Waals surface area contributed by atoms with Crippen molar-refractivity contribution < 1.29 is 18.8 Å². The summed E-state index contributed by atoms with van der Waals surface area (Å²) in [4.78, 5) is 27.9. The van der Waals surface area contributed by atoms with Crippen molar-refractivity contribution in [2.24, 2.45) is 11.1 Å². The van der Waals surface area contributed by atoms with Gasteiger partial charge in [-0.2, -0.15) is 0 Å². The molecule has 0 unspecified atom stereocenters. The fourth-order valence-corrected chi connectivity index (χ4v) is 6.03. The Kier molecular flexibility index (Phi) is 6.44. The Labute approximate surface area is 202 Å². The summed E-state index contributed by atoms with van der Waals surface area (Å²) >= 11 is 1.52. The van der Waals surface area contributed by atoms with Crippen molar-refractivity contribution >= 4 is 28.1 Å². The van der Waals surface area contributed by atoms with Crippen LogP contribution in [-0.4, -0.2) is 65.3 Å². The van der Waals surface area contributed by atoms with Gasteiger partial charge in [0.25, 0.3) is 0 Å². The second kappa shape index (κ2) is 9.50. The highest BCUT2D eigenvalue weighted by molar-refractivity contribution is 7.15. The van der Waals surface area contributed by atoms with E-state index in [1.165, 1.54) is 30.6 Å². The zero-order chi connectivity index (χ0) is 23.7. The summed E-state index contributed by atoms with van der Waals surface area (Å²) in [5.74, 6) is 0.613. The minimum absolute atomic E-state index is 0.0680. The van der Waals surface area contributed by atoms with Crippen molar-refractivity contribution in [1.29, 1.82) is 0 Å². The van der Waals surface area contributed by atoms with Crippen LogP contribution in [0.5, 0.6) is 5.75 Å². The molecule has 1 aromatic carbocycles. The number of hydrogen-bond donors (Lipinski definition) is 1. The van der Waals surface area contributed by atoms with Gasteiger partial charge in [-0.3, -0.25) is 9.69 Å². The molecule has 4 heterocycles. The number of oxime groups is 1. The second-order valence-corrected chi connectivity index (χ2v) is 10.5. The molecule has 8 nitrogen and oxygen atoms in total. The number of nitrogen functional groups attached to an aromatic ring is 1. The lowest BCUT2D eigenvalue weighted by Gasteiger charge is -2.45. The third-order valence-corrected chi connectivity index (χ3v) is 7.96. The van der Waals surface area contributed by atoms with Crippen molar-refractivity contribution in [2.75, 3.05) is 39.0 Å². The van der Waals surface area contributed by atoms with Crippen LogP contribution in [0.25, 0.3) is 0 Å². The number of carbonyl (C=O) groups is 1. The van der Waals surface area contributed by atoms with Crippen LogP contribution in [0.3, 0.4) is 0 Å². The van der Waals surface area contributed by atoms with Crippen molar-refractivity contribution in [2.45, 2.75) is 44.2 Å². The molecule has 2 aromatic rings. The number of likely N-dealkylation sites (tertiary alicyclic amines) is 2. The molecular formula is C24H30FN5O3S. The highest BCUT2D eigenvalue weighted by Crippen LogP contribution is 2.40. The zero-order valence-corrected chi connectivity index (χ0v) is 20.2. The van der Waals surface area contributed by atoms with E-state index >= 15 is 0 Å². The molecule has 1 amide bonds. The van der Waals surface area contributed by atoms with Gasteiger partial charge < -0.3 is 20.2 Å². The average molecular weight is 488 g/mol. The average Bonchev–Trinajstić information content (AvgIpc) is 3.25. The molecule has 3 aliphatic rings. The highest BCUT2D eigenvalue weighted by atomic mass is 32.1. The largest absolute Gasteiger partial charge is 0.486 e. The quantitative estimate of drug-likeness (QED) is 0.666. The van der Waals surface area contributed by atoms with E-state index in [-0.39, 0.29) is 17.6 Å². The van der Waals surface area contributed by atoms with E-state index in [1.807, 2.05) is 11.1 Å². The predicted molar refractivity (Wildman–Crippen MR) is 128 cm³/mol. The van der Waals surface area contributed by atoms with Crippen LogP contribution in [0.1, 0.15) is 42.5 Å². The Hall–Kier alpha value is -2.72. The van der Waals surface area contributed by atoms with Gasteiger partial charge in [0.05, 0.1) is 5.71 Å². The number of rotatable bonds is 4. The number of halogens is 1. The molecule has 2 N–H and O–H groups in total. The first-order valence-corrected chi connectivity index (χ1v) is 12.6. The Morgan fingerprint density at radius 2 is 2.09 bits per heavy atom. The van der Waals surface area contributed by atoms with Crippen LogP contribution < -0.4 is 10.5 Å². The van der Waals surface area contributed by atoms with Crippen LogP contribution >= 0.6 is 11.3 Å². The molecule has 2 saturated heterocycles. The second-order valence-electron chi connectivity index (χ2n) is 9.36. The lowest BCUT2D eigenvalue weighted by molar-refractivity contribution is -0.140. The van der Waals surface area contributed by atoms with Gasteiger partial charge in [-0.25, -0.2) is 9.37 Å². The predicted octanol–water partition coefficient (Wildman–Crippen LogP) is 3.27. The molecule has 1 spiro atoms. The van der Waals surface area contributed by atoms with Gasteiger partial charge in [-0.1, -0.05) is 5.16 Å². The first kappa shape index (κ1) is 23.0. The number of aromatic nitrogens is 1. The Bertz CT molecular complexity index is 1070. The van der Waals surface area contributed by atoms with Gasteiger partial charge in [-0.05, 0) is 44.1 Å². The molecule has 0 bridgehead atoms. The molecule has 10 heteroatoms. The number of fused-ring (bicyclic) bond motifs is 1. The van der Waals surface area contributed by atoms with Gasteiger partial charge >= 0.3 is 0 Å². The monoisotopic (exact) mass is 487 g/mol. The molecular weight excluding hydrogens is 457 g/mol. The fourth-order valence-electron chi connectivity index (χ4n) is 5.30. The minimum Gasteiger partial charge on any atom is -0.486 e. The number of nitrogens with zero attached hydrogens (tertiary/aromatic N) is 4. The minimum atomic E-state index is -0.446. The smallest absolute Gasteiger partial charge is 0.225 e. The summed E-state index contributed by atoms with van der Waals surface area (Å²) < 4.78 is 20.2. The summed E-state index contributed by atoms with van der Waals surface area (Å²) in [5, 5.41) is 4.75. The Balaban J connectivity index is 1.17. The standard InChI is InChI=1S/C24H30FN5O3S/c1-32-28-20-13-24(33-21-3-2-17(25)12-19(20)21)6-10-30(11-7-24)22(31)16-4-8-29(9-5-16)15-18-14-27-23(26)34-18/h2-3,12,14,16H,4-11,13,15H2,1H3,(H2,26,27)/b28-20+.